The minimum absolute atomic E-state index is 0.395. The third-order valence-electron chi connectivity index (χ3n) is 4.32. The standard InChI is InChI=1S/C23H20N2O4/c26-23-15-25(24-29-23)14-20-11-12-21(27-16-18-7-3-1-4-8-18)22(13-20)28-17-19-9-5-2-6-10-19/h1-13,15H,14,16-17H2. The van der Waals surface area contributed by atoms with Crippen LogP contribution in [0.15, 0.2) is 89.6 Å². The van der Waals surface area contributed by atoms with Crippen molar-refractivity contribution in [2.75, 3.05) is 0 Å². The van der Waals surface area contributed by atoms with E-state index in [1.807, 2.05) is 78.9 Å². The number of hydrogen-bond donors (Lipinski definition) is 0. The van der Waals surface area contributed by atoms with Gasteiger partial charge in [-0.05, 0) is 29.3 Å². The summed E-state index contributed by atoms with van der Waals surface area (Å²) in [6.45, 7) is 1.26. The highest BCUT2D eigenvalue weighted by Gasteiger charge is 2.12. The van der Waals surface area contributed by atoms with E-state index in [2.05, 4.69) is 9.79 Å². The van der Waals surface area contributed by atoms with Gasteiger partial charge in [0.05, 0.1) is 5.27 Å². The molecule has 4 rings (SSSR count). The molecule has 6 nitrogen and oxygen atoms in total. The smallest absolute Gasteiger partial charge is 0.221 e. The summed E-state index contributed by atoms with van der Waals surface area (Å²) in [4.78, 5) is 0. The average Bonchev–Trinajstić information content (AvgIpc) is 3.17. The van der Waals surface area contributed by atoms with Gasteiger partial charge < -0.3 is 19.1 Å². The molecular weight excluding hydrogens is 368 g/mol. The normalized spacial score (nSPS) is 10.6. The highest BCUT2D eigenvalue weighted by atomic mass is 16.6. The SMILES string of the molecule is [O-]c1c[n+](Cc2ccc(OCc3ccccc3)c(OCc3ccccc3)c2)no1. The van der Waals surface area contributed by atoms with Crippen molar-refractivity contribution in [3.63, 3.8) is 0 Å². The highest BCUT2D eigenvalue weighted by Crippen LogP contribution is 2.30. The molecule has 3 aromatic carbocycles. The van der Waals surface area contributed by atoms with Crippen LogP contribution in [0.5, 0.6) is 17.4 Å². The molecule has 0 spiro atoms. The third kappa shape index (κ3) is 5.13. The van der Waals surface area contributed by atoms with Crippen molar-refractivity contribution in [2.24, 2.45) is 0 Å². The maximum Gasteiger partial charge on any atom is 0.221 e. The number of nitrogens with zero attached hydrogens (tertiary/aromatic N) is 2. The van der Waals surface area contributed by atoms with Crippen molar-refractivity contribution >= 4 is 0 Å². The summed E-state index contributed by atoms with van der Waals surface area (Å²) in [5.41, 5.74) is 3.05. The highest BCUT2D eigenvalue weighted by molar-refractivity contribution is 5.43. The van der Waals surface area contributed by atoms with Crippen LogP contribution in [0.2, 0.25) is 0 Å². The van der Waals surface area contributed by atoms with Gasteiger partial charge in [0.25, 0.3) is 0 Å². The molecule has 0 aliphatic carbocycles. The van der Waals surface area contributed by atoms with Crippen LogP contribution in [-0.2, 0) is 19.8 Å². The number of rotatable bonds is 8. The minimum atomic E-state index is -0.478. The Morgan fingerprint density at radius 2 is 1.38 bits per heavy atom. The van der Waals surface area contributed by atoms with E-state index < -0.39 is 5.95 Å². The van der Waals surface area contributed by atoms with Crippen LogP contribution < -0.4 is 19.3 Å². The number of hydrogen-bond acceptors (Lipinski definition) is 5. The fourth-order valence-electron chi connectivity index (χ4n) is 2.88. The maximum absolute atomic E-state index is 11.2. The summed E-state index contributed by atoms with van der Waals surface area (Å²) in [6.07, 6.45) is 1.31. The summed E-state index contributed by atoms with van der Waals surface area (Å²) < 4.78 is 18.1. The predicted octanol–water partition coefficient (Wildman–Crippen LogP) is 3.24. The largest absolute Gasteiger partial charge is 0.539 e. The molecule has 0 fully saturated rings. The first-order valence-corrected chi connectivity index (χ1v) is 9.26. The van der Waals surface area contributed by atoms with Gasteiger partial charge in [0.1, 0.15) is 19.2 Å². The second-order valence-electron chi connectivity index (χ2n) is 6.55. The molecular formula is C23H20N2O4. The average molecular weight is 388 g/mol. The molecule has 0 atom stereocenters. The predicted molar refractivity (Wildman–Crippen MR) is 103 cm³/mol. The van der Waals surface area contributed by atoms with Gasteiger partial charge in [0.15, 0.2) is 11.5 Å². The van der Waals surface area contributed by atoms with E-state index in [9.17, 15) is 5.11 Å². The number of ether oxygens (including phenoxy) is 2. The van der Waals surface area contributed by atoms with Gasteiger partial charge in [-0.3, -0.25) is 0 Å². The lowest BCUT2D eigenvalue weighted by Crippen LogP contribution is -2.35. The molecule has 146 valence electrons. The molecule has 0 aliphatic rings. The van der Waals surface area contributed by atoms with E-state index in [-0.39, 0.29) is 0 Å². The lowest BCUT2D eigenvalue weighted by molar-refractivity contribution is -0.754. The molecule has 4 aromatic rings. The molecule has 0 amide bonds. The molecule has 1 aromatic heterocycles. The van der Waals surface area contributed by atoms with Crippen LogP contribution in [0.25, 0.3) is 0 Å². The van der Waals surface area contributed by atoms with E-state index in [1.165, 1.54) is 10.9 Å². The van der Waals surface area contributed by atoms with Crippen molar-refractivity contribution in [3.8, 4) is 17.4 Å². The molecule has 0 aliphatic heterocycles. The topological polar surface area (TPSA) is 71.4 Å². The minimum Gasteiger partial charge on any atom is -0.539 e. The quantitative estimate of drug-likeness (QED) is 0.433. The van der Waals surface area contributed by atoms with E-state index in [4.69, 9.17) is 9.47 Å². The molecule has 0 saturated carbocycles. The lowest BCUT2D eigenvalue weighted by Gasteiger charge is -2.14. The Balaban J connectivity index is 1.53. The monoisotopic (exact) mass is 388 g/mol. The summed E-state index contributed by atoms with van der Waals surface area (Å²) in [5.74, 6) is 0.810. The molecule has 0 unspecified atom stereocenters. The fourth-order valence-corrected chi connectivity index (χ4v) is 2.88. The number of aromatic nitrogens is 2. The van der Waals surface area contributed by atoms with Gasteiger partial charge >= 0.3 is 0 Å². The maximum atomic E-state index is 11.2. The molecule has 0 N–H and O–H groups in total. The first-order valence-electron chi connectivity index (χ1n) is 9.26. The van der Waals surface area contributed by atoms with Crippen molar-refractivity contribution in [1.29, 1.82) is 0 Å². The first-order chi connectivity index (χ1) is 14.3. The van der Waals surface area contributed by atoms with Gasteiger partial charge in [0, 0.05) is 5.56 Å². The fraction of sp³-hybridized carbons (Fsp3) is 0.130. The number of benzene rings is 3. The van der Waals surface area contributed by atoms with Gasteiger partial charge in [-0.15, -0.1) is 0 Å². The zero-order chi connectivity index (χ0) is 19.9. The molecule has 1 heterocycles. The van der Waals surface area contributed by atoms with Crippen LogP contribution in [0.1, 0.15) is 16.7 Å². The van der Waals surface area contributed by atoms with Gasteiger partial charge in [-0.25, -0.2) is 0 Å². The van der Waals surface area contributed by atoms with Crippen LogP contribution >= 0.6 is 0 Å². The van der Waals surface area contributed by atoms with E-state index in [0.29, 0.717) is 31.3 Å². The second-order valence-corrected chi connectivity index (χ2v) is 6.55. The van der Waals surface area contributed by atoms with Crippen molar-refractivity contribution in [1.82, 2.24) is 5.27 Å². The Morgan fingerprint density at radius 1 is 0.759 bits per heavy atom. The lowest BCUT2D eigenvalue weighted by atomic mass is 10.2. The van der Waals surface area contributed by atoms with Crippen molar-refractivity contribution in [3.05, 3.63) is 102 Å². The van der Waals surface area contributed by atoms with E-state index in [1.54, 1.807) is 0 Å². The zero-order valence-corrected chi connectivity index (χ0v) is 15.7. The Kier molecular flexibility index (Phi) is 5.71. The Labute approximate surface area is 168 Å². The van der Waals surface area contributed by atoms with E-state index in [0.717, 1.165) is 16.7 Å². The molecule has 6 heteroatoms. The molecule has 0 saturated heterocycles. The van der Waals surface area contributed by atoms with Gasteiger partial charge in [-0.2, -0.15) is 0 Å². The van der Waals surface area contributed by atoms with Crippen LogP contribution in [0.3, 0.4) is 0 Å². The van der Waals surface area contributed by atoms with E-state index >= 15 is 0 Å². The summed E-state index contributed by atoms with van der Waals surface area (Å²) in [7, 11) is 0. The van der Waals surface area contributed by atoms with Crippen molar-refractivity contribution in [2.45, 2.75) is 19.8 Å². The van der Waals surface area contributed by atoms with Gasteiger partial charge in [-0.1, -0.05) is 65.3 Å². The second kappa shape index (κ2) is 8.93. The Morgan fingerprint density at radius 3 is 1.97 bits per heavy atom. The third-order valence-corrected chi connectivity index (χ3v) is 4.32. The van der Waals surface area contributed by atoms with Crippen LogP contribution in [0, 0.1) is 0 Å². The first kappa shape index (κ1) is 18.6. The summed E-state index contributed by atoms with van der Waals surface area (Å²) in [6, 6.07) is 25.6. The zero-order valence-electron chi connectivity index (χ0n) is 15.7. The van der Waals surface area contributed by atoms with Crippen molar-refractivity contribution < 1.29 is 23.8 Å². The molecule has 0 radical (unpaired) electrons. The Hall–Kier alpha value is -3.80. The molecule has 29 heavy (non-hydrogen) atoms. The van der Waals surface area contributed by atoms with Crippen LogP contribution in [-0.4, -0.2) is 5.27 Å². The molecule has 0 bridgehead atoms. The van der Waals surface area contributed by atoms with Gasteiger partial charge in [0.2, 0.25) is 12.7 Å². The summed E-state index contributed by atoms with van der Waals surface area (Å²) in [5, 5.41) is 14.9. The summed E-state index contributed by atoms with van der Waals surface area (Å²) >= 11 is 0. The Bertz CT molecular complexity index is 1050. The van der Waals surface area contributed by atoms with Crippen LogP contribution in [0.4, 0.5) is 0 Å².